The fourth-order valence-electron chi connectivity index (χ4n) is 6.80. The van der Waals surface area contributed by atoms with E-state index < -0.39 is 5.91 Å². The molecule has 0 aromatic carbocycles. The first kappa shape index (κ1) is 48.7. The summed E-state index contributed by atoms with van der Waals surface area (Å²) in [5, 5.41) is -0.187. The molecule has 0 aromatic rings. The van der Waals surface area contributed by atoms with Gasteiger partial charge in [-0.2, -0.15) is 0 Å². The van der Waals surface area contributed by atoms with Crippen molar-refractivity contribution < 1.29 is 28.8 Å². The molecule has 2 aliphatic rings. The first-order valence-corrected chi connectivity index (χ1v) is 21.0. The third-order valence-corrected chi connectivity index (χ3v) is 10.0. The number of Topliss-reactive ketones (excluding diaryl/α,β-unsaturated/α-hetero) is 2. The van der Waals surface area contributed by atoms with E-state index in [9.17, 15) is 28.8 Å². The summed E-state index contributed by atoms with van der Waals surface area (Å²) < 4.78 is 0. The van der Waals surface area contributed by atoms with E-state index in [2.05, 4.69) is 13.8 Å². The van der Waals surface area contributed by atoms with Gasteiger partial charge in [0.1, 0.15) is 11.8 Å². The lowest BCUT2D eigenvalue weighted by atomic mass is 10.00. The third kappa shape index (κ3) is 24.6. The van der Waals surface area contributed by atoms with Crippen molar-refractivity contribution >= 4 is 46.1 Å². The Morgan fingerprint density at radius 1 is 0.588 bits per heavy atom. The molecule has 3 amide bonds. The molecule has 2 N–H and O–H groups in total. The monoisotopic (exact) mass is 740 g/mol. The molecular formula is C41H74ClN3O6. The fraction of sp³-hybridized carbons (Fsp3) is 0.854. The Bertz CT molecular complexity index is 990. The van der Waals surface area contributed by atoms with Crippen LogP contribution in [0.2, 0.25) is 0 Å². The topological polar surface area (TPSA) is 135 Å². The maximum atomic E-state index is 12.4. The average Bonchev–Trinajstić information content (AvgIpc) is 3.71. The molecule has 296 valence electrons. The zero-order valence-corrected chi connectivity index (χ0v) is 33.7. The zero-order valence-electron chi connectivity index (χ0n) is 33.0. The molecule has 2 aliphatic heterocycles. The Labute approximate surface area is 315 Å². The van der Waals surface area contributed by atoms with Gasteiger partial charge in [0, 0.05) is 38.8 Å². The van der Waals surface area contributed by atoms with Crippen molar-refractivity contribution in [2.75, 3.05) is 13.1 Å². The molecule has 2 saturated heterocycles. The van der Waals surface area contributed by atoms with Gasteiger partial charge in [0.2, 0.25) is 23.0 Å². The summed E-state index contributed by atoms with van der Waals surface area (Å²) in [7, 11) is 0. The van der Waals surface area contributed by atoms with E-state index in [4.69, 9.17) is 17.3 Å². The predicted molar refractivity (Wildman–Crippen MR) is 208 cm³/mol. The lowest BCUT2D eigenvalue weighted by Gasteiger charge is -2.25. The summed E-state index contributed by atoms with van der Waals surface area (Å²) in [6.07, 6.45) is 27.6. The zero-order chi connectivity index (χ0) is 38.3. The van der Waals surface area contributed by atoms with Crippen molar-refractivity contribution in [2.45, 2.75) is 213 Å². The predicted octanol–water partition coefficient (Wildman–Crippen LogP) is 9.38. The molecule has 0 unspecified atom stereocenters. The van der Waals surface area contributed by atoms with Gasteiger partial charge in [-0.05, 0) is 50.1 Å². The third-order valence-electron chi connectivity index (χ3n) is 9.85. The standard InChI is InChI=1S/C21H37NO3.C12H23ClO.C8H14N2O2/c1-3-5-6-7-8-9-10-11-12-14-18(23)17-20(24)19(4-2)22-16-13-15-21(22)25;1-2-3-4-5-6-7-8-9-10-11-12(13)14;1-2-6(8(9)12)10-5-3-4-7(10)11/h19H,3-17H2,1-2H3;2-11H2,1H3;6H,2-5H2,1H3,(H2,9,12)/t19-;;6-/m0.0/s1. The van der Waals surface area contributed by atoms with Gasteiger partial charge in [0.25, 0.3) is 0 Å². The van der Waals surface area contributed by atoms with Crippen LogP contribution in [0.15, 0.2) is 0 Å². The number of halogens is 1. The minimum atomic E-state index is -0.396. The molecule has 0 saturated carbocycles. The lowest BCUT2D eigenvalue weighted by molar-refractivity contribution is -0.138. The highest BCUT2D eigenvalue weighted by Crippen LogP contribution is 2.19. The molecular weight excluding hydrogens is 666 g/mol. The van der Waals surface area contributed by atoms with E-state index >= 15 is 0 Å². The quantitative estimate of drug-likeness (QED) is 0.0483. The Morgan fingerprint density at radius 3 is 1.29 bits per heavy atom. The van der Waals surface area contributed by atoms with Crippen molar-refractivity contribution in [1.82, 2.24) is 9.80 Å². The van der Waals surface area contributed by atoms with Crippen LogP contribution in [-0.2, 0) is 28.8 Å². The Hall–Kier alpha value is -2.29. The molecule has 2 fully saturated rings. The second-order valence-electron chi connectivity index (χ2n) is 14.3. The number of carbonyl (C=O) groups excluding carboxylic acids is 6. The summed E-state index contributed by atoms with van der Waals surface area (Å²) in [4.78, 5) is 72.0. The highest BCUT2D eigenvalue weighted by molar-refractivity contribution is 6.63. The van der Waals surface area contributed by atoms with Gasteiger partial charge in [0.05, 0.1) is 12.5 Å². The number of primary amides is 1. The average molecular weight is 741 g/mol. The lowest BCUT2D eigenvalue weighted by Crippen LogP contribution is -2.44. The number of likely N-dealkylation sites (tertiary alicyclic amines) is 2. The van der Waals surface area contributed by atoms with Crippen molar-refractivity contribution in [3.8, 4) is 0 Å². The summed E-state index contributed by atoms with van der Waals surface area (Å²) in [6.45, 7) is 9.59. The van der Waals surface area contributed by atoms with Crippen LogP contribution < -0.4 is 5.73 Å². The number of amides is 3. The van der Waals surface area contributed by atoms with Crippen LogP contribution in [0.5, 0.6) is 0 Å². The summed E-state index contributed by atoms with van der Waals surface area (Å²) in [6, 6.07) is -0.776. The smallest absolute Gasteiger partial charge is 0.240 e. The van der Waals surface area contributed by atoms with Gasteiger partial charge in [-0.1, -0.05) is 130 Å². The molecule has 0 aromatic heterocycles. The number of rotatable bonds is 28. The van der Waals surface area contributed by atoms with E-state index in [0.717, 1.165) is 38.5 Å². The minimum absolute atomic E-state index is 0.000690. The number of carbonyl (C=O) groups is 6. The summed E-state index contributed by atoms with van der Waals surface area (Å²) in [5.41, 5.74) is 5.16. The molecule has 51 heavy (non-hydrogen) atoms. The summed E-state index contributed by atoms with van der Waals surface area (Å²) in [5.74, 6) is -0.309. The van der Waals surface area contributed by atoms with Crippen LogP contribution in [0, 0.1) is 0 Å². The Balaban J connectivity index is 0.000000810. The number of hydrogen-bond acceptors (Lipinski definition) is 6. The molecule has 10 heteroatoms. The van der Waals surface area contributed by atoms with E-state index in [0.29, 0.717) is 51.6 Å². The van der Waals surface area contributed by atoms with E-state index in [-0.39, 0.29) is 47.1 Å². The number of hydrogen-bond donors (Lipinski definition) is 1. The Morgan fingerprint density at radius 2 is 0.961 bits per heavy atom. The first-order valence-electron chi connectivity index (χ1n) is 20.6. The number of nitrogens with two attached hydrogens (primary N) is 1. The molecule has 2 rings (SSSR count). The van der Waals surface area contributed by atoms with Crippen LogP contribution in [0.4, 0.5) is 0 Å². The molecule has 9 nitrogen and oxygen atoms in total. The Kier molecular flexibility index (Phi) is 30.9. The maximum Gasteiger partial charge on any atom is 0.240 e. The van der Waals surface area contributed by atoms with Crippen LogP contribution in [0.1, 0.15) is 201 Å². The number of ketones is 2. The van der Waals surface area contributed by atoms with Crippen LogP contribution in [0.25, 0.3) is 0 Å². The van der Waals surface area contributed by atoms with Crippen molar-refractivity contribution in [3.05, 3.63) is 0 Å². The maximum absolute atomic E-state index is 12.4. The van der Waals surface area contributed by atoms with Crippen LogP contribution in [-0.4, -0.2) is 69.5 Å². The molecule has 0 radical (unpaired) electrons. The van der Waals surface area contributed by atoms with Gasteiger partial charge >= 0.3 is 0 Å². The van der Waals surface area contributed by atoms with Gasteiger partial charge in [0.15, 0.2) is 5.78 Å². The van der Waals surface area contributed by atoms with E-state index in [1.165, 1.54) is 89.9 Å². The molecule has 0 aliphatic carbocycles. The van der Waals surface area contributed by atoms with Crippen LogP contribution in [0.3, 0.4) is 0 Å². The number of nitrogens with zero attached hydrogens (tertiary/aromatic N) is 2. The van der Waals surface area contributed by atoms with Crippen molar-refractivity contribution in [2.24, 2.45) is 5.73 Å². The SMILES string of the molecule is CCCCCCCCCCCC(=O)CC(=O)[C@H](CC)N1CCCC1=O.CCCCCCCCCCCC(=O)Cl.CC[C@@H](C(N)=O)N1CCCC1=O. The normalized spacial score (nSPS) is 15.2. The highest BCUT2D eigenvalue weighted by Gasteiger charge is 2.32. The molecule has 0 bridgehead atoms. The van der Waals surface area contributed by atoms with Crippen molar-refractivity contribution in [3.63, 3.8) is 0 Å². The second kappa shape index (κ2) is 32.4. The molecule has 2 heterocycles. The number of unbranched alkanes of at least 4 members (excludes halogenated alkanes) is 16. The summed E-state index contributed by atoms with van der Waals surface area (Å²) >= 11 is 5.24. The van der Waals surface area contributed by atoms with Crippen LogP contribution >= 0.6 is 11.6 Å². The van der Waals surface area contributed by atoms with Gasteiger partial charge in [-0.3, -0.25) is 28.8 Å². The highest BCUT2D eigenvalue weighted by atomic mass is 35.5. The van der Waals surface area contributed by atoms with Crippen molar-refractivity contribution in [1.29, 1.82) is 0 Å². The first-order chi connectivity index (χ1) is 24.5. The largest absolute Gasteiger partial charge is 0.368 e. The molecule has 2 atom stereocenters. The molecule has 0 spiro atoms. The minimum Gasteiger partial charge on any atom is -0.368 e. The second-order valence-corrected chi connectivity index (χ2v) is 14.7. The van der Waals surface area contributed by atoms with Gasteiger partial charge in [-0.15, -0.1) is 0 Å². The van der Waals surface area contributed by atoms with E-state index in [1.54, 1.807) is 9.80 Å². The van der Waals surface area contributed by atoms with Gasteiger partial charge in [-0.25, -0.2) is 0 Å². The van der Waals surface area contributed by atoms with E-state index in [1.807, 2.05) is 13.8 Å². The fourth-order valence-corrected chi connectivity index (χ4v) is 6.94. The van der Waals surface area contributed by atoms with Gasteiger partial charge < -0.3 is 15.5 Å².